The first kappa shape index (κ1) is 7.21. The van der Waals surface area contributed by atoms with E-state index >= 15 is 0 Å². The minimum absolute atomic E-state index is 0.200. The van der Waals surface area contributed by atoms with Gasteiger partial charge in [-0.3, -0.25) is 14.5 Å². The molecule has 4 nitrogen and oxygen atoms in total. The van der Waals surface area contributed by atoms with Gasteiger partial charge in [-0.2, -0.15) is 0 Å². The lowest BCUT2D eigenvalue weighted by Crippen LogP contribution is -2.36. The molecule has 0 saturated carbocycles. The second-order valence-electron chi connectivity index (χ2n) is 2.26. The van der Waals surface area contributed by atoms with Crippen LogP contribution in [0.15, 0.2) is 0 Å². The van der Waals surface area contributed by atoms with E-state index in [4.69, 9.17) is 0 Å². The van der Waals surface area contributed by atoms with Gasteiger partial charge in [0.25, 0.3) is 0 Å². The van der Waals surface area contributed by atoms with Gasteiger partial charge in [-0.05, 0) is 6.92 Å². The average molecular weight is 142 g/mol. The highest BCUT2D eigenvalue weighted by molar-refractivity contribution is 6.02. The zero-order valence-corrected chi connectivity index (χ0v) is 5.66. The molecular formula is C6H8NO3. The summed E-state index contributed by atoms with van der Waals surface area (Å²) < 4.78 is 0. The van der Waals surface area contributed by atoms with Crippen molar-refractivity contribution in [1.29, 1.82) is 0 Å². The summed E-state index contributed by atoms with van der Waals surface area (Å²) in [5.74, 6) is -0.681. The summed E-state index contributed by atoms with van der Waals surface area (Å²) in [5, 5.41) is 10.6. The Labute approximate surface area is 58.4 Å². The molecule has 0 spiro atoms. The van der Waals surface area contributed by atoms with E-state index in [-0.39, 0.29) is 24.7 Å². The third-order valence-electron chi connectivity index (χ3n) is 1.45. The standard InChI is InChI=1S/C6H8NO3/c1-4(8)7-5(9)2-3-6(7)10/h4H,2-3H2,1H3. The first-order chi connectivity index (χ1) is 4.63. The van der Waals surface area contributed by atoms with Crippen LogP contribution in [0.1, 0.15) is 19.8 Å². The number of hydrogen-bond acceptors (Lipinski definition) is 2. The molecule has 0 aliphatic carbocycles. The smallest absolute Gasteiger partial charge is 0.231 e. The van der Waals surface area contributed by atoms with Crippen molar-refractivity contribution in [3.8, 4) is 0 Å². The highest BCUT2D eigenvalue weighted by Crippen LogP contribution is 2.13. The van der Waals surface area contributed by atoms with Gasteiger partial charge < -0.3 is 0 Å². The van der Waals surface area contributed by atoms with E-state index in [0.717, 1.165) is 4.90 Å². The normalized spacial score (nSPS) is 22.0. The second kappa shape index (κ2) is 2.38. The van der Waals surface area contributed by atoms with Crippen LogP contribution in [0.5, 0.6) is 0 Å². The van der Waals surface area contributed by atoms with E-state index in [1.165, 1.54) is 6.92 Å². The van der Waals surface area contributed by atoms with E-state index in [2.05, 4.69) is 0 Å². The van der Waals surface area contributed by atoms with Crippen molar-refractivity contribution >= 4 is 11.8 Å². The van der Waals surface area contributed by atoms with Crippen LogP contribution in [0, 0.1) is 0 Å². The van der Waals surface area contributed by atoms with Crippen LogP contribution in [0.25, 0.3) is 0 Å². The van der Waals surface area contributed by atoms with Gasteiger partial charge >= 0.3 is 0 Å². The third-order valence-corrected chi connectivity index (χ3v) is 1.45. The molecule has 1 heterocycles. The molecular weight excluding hydrogens is 134 g/mol. The van der Waals surface area contributed by atoms with Crippen LogP contribution in [0.3, 0.4) is 0 Å². The summed E-state index contributed by atoms with van der Waals surface area (Å²) in [6, 6.07) is 0. The Bertz CT molecular complexity index is 160. The lowest BCUT2D eigenvalue weighted by Gasteiger charge is -2.13. The molecule has 1 unspecified atom stereocenters. The number of rotatable bonds is 1. The summed E-state index contributed by atoms with van der Waals surface area (Å²) in [6.45, 7) is 1.29. The molecule has 1 aliphatic heterocycles. The van der Waals surface area contributed by atoms with Crippen molar-refractivity contribution in [3.05, 3.63) is 0 Å². The van der Waals surface area contributed by atoms with Gasteiger partial charge in [0.1, 0.15) is 0 Å². The Morgan fingerprint density at radius 1 is 1.30 bits per heavy atom. The van der Waals surface area contributed by atoms with Crippen LogP contribution in [0.4, 0.5) is 0 Å². The number of carbonyl (C=O) groups excluding carboxylic acids is 2. The van der Waals surface area contributed by atoms with Gasteiger partial charge in [0.2, 0.25) is 11.8 Å². The van der Waals surface area contributed by atoms with Gasteiger partial charge in [0.05, 0.1) is 0 Å². The molecule has 10 heavy (non-hydrogen) atoms. The molecule has 4 heteroatoms. The highest BCUT2D eigenvalue weighted by atomic mass is 16.3. The Hall–Kier alpha value is -0.900. The molecule has 0 aromatic heterocycles. The first-order valence-electron chi connectivity index (χ1n) is 3.13. The molecule has 55 valence electrons. The molecule has 0 aromatic rings. The lowest BCUT2D eigenvalue weighted by atomic mass is 10.4. The number of likely N-dealkylation sites (tertiary alicyclic amines) is 1. The maximum atomic E-state index is 10.7. The fourth-order valence-corrected chi connectivity index (χ4v) is 0.999. The number of nitrogens with zero attached hydrogens (tertiary/aromatic N) is 1. The molecule has 1 atom stereocenters. The molecule has 2 amide bonds. The van der Waals surface area contributed by atoms with Crippen molar-refractivity contribution in [2.75, 3.05) is 0 Å². The van der Waals surface area contributed by atoms with Crippen molar-refractivity contribution in [3.63, 3.8) is 0 Å². The summed E-state index contributed by atoms with van der Waals surface area (Å²) >= 11 is 0. The molecule has 0 bridgehead atoms. The van der Waals surface area contributed by atoms with Crippen molar-refractivity contribution in [1.82, 2.24) is 4.90 Å². The highest BCUT2D eigenvalue weighted by Gasteiger charge is 2.32. The molecule has 1 aliphatic rings. The van der Waals surface area contributed by atoms with Crippen LogP contribution in [-0.2, 0) is 14.7 Å². The minimum Gasteiger partial charge on any atom is -0.274 e. The molecule has 1 radical (unpaired) electrons. The Morgan fingerprint density at radius 2 is 1.70 bits per heavy atom. The summed E-state index contributed by atoms with van der Waals surface area (Å²) in [5.41, 5.74) is 0. The number of imide groups is 1. The topological polar surface area (TPSA) is 57.3 Å². The Morgan fingerprint density at radius 3 is 1.90 bits per heavy atom. The average Bonchev–Trinajstić information content (AvgIpc) is 2.11. The van der Waals surface area contributed by atoms with E-state index in [1.54, 1.807) is 0 Å². The van der Waals surface area contributed by atoms with E-state index < -0.39 is 6.23 Å². The molecule has 0 N–H and O–H groups in total. The van der Waals surface area contributed by atoms with Crippen molar-refractivity contribution < 1.29 is 14.7 Å². The van der Waals surface area contributed by atoms with Crippen molar-refractivity contribution in [2.45, 2.75) is 26.0 Å². The van der Waals surface area contributed by atoms with Crippen LogP contribution >= 0.6 is 0 Å². The van der Waals surface area contributed by atoms with Crippen LogP contribution in [-0.4, -0.2) is 22.9 Å². The first-order valence-corrected chi connectivity index (χ1v) is 3.13. The van der Waals surface area contributed by atoms with E-state index in [0.29, 0.717) is 0 Å². The molecule has 1 saturated heterocycles. The van der Waals surface area contributed by atoms with Crippen molar-refractivity contribution in [2.24, 2.45) is 0 Å². The van der Waals surface area contributed by atoms with Gasteiger partial charge in [0.15, 0.2) is 6.23 Å². The summed E-state index contributed by atoms with van der Waals surface area (Å²) in [6.07, 6.45) is -0.820. The fraction of sp³-hybridized carbons (Fsp3) is 0.667. The van der Waals surface area contributed by atoms with Gasteiger partial charge in [-0.1, -0.05) is 0 Å². The quantitative estimate of drug-likeness (QED) is 0.480. The maximum absolute atomic E-state index is 10.7. The van der Waals surface area contributed by atoms with E-state index in [9.17, 15) is 14.7 Å². The SMILES string of the molecule is CC([O])N1C(=O)CCC1=O. The predicted molar refractivity (Wildman–Crippen MR) is 31.2 cm³/mol. The second-order valence-corrected chi connectivity index (χ2v) is 2.26. The lowest BCUT2D eigenvalue weighted by molar-refractivity contribution is -0.152. The van der Waals surface area contributed by atoms with Gasteiger partial charge in [0, 0.05) is 12.8 Å². The predicted octanol–water partition coefficient (Wildman–Crippen LogP) is -0.0881. The van der Waals surface area contributed by atoms with Crippen LogP contribution < -0.4 is 0 Å². The maximum Gasteiger partial charge on any atom is 0.231 e. The van der Waals surface area contributed by atoms with Gasteiger partial charge in [-0.25, -0.2) is 5.11 Å². The molecule has 1 fully saturated rings. The number of hydrogen-bond donors (Lipinski definition) is 0. The zero-order chi connectivity index (χ0) is 7.72. The summed E-state index contributed by atoms with van der Waals surface area (Å²) in [7, 11) is 0. The Balaban J connectivity index is 2.72. The summed E-state index contributed by atoms with van der Waals surface area (Å²) in [4.78, 5) is 22.2. The Kier molecular flexibility index (Phi) is 1.72. The monoisotopic (exact) mass is 142 g/mol. The van der Waals surface area contributed by atoms with Gasteiger partial charge in [-0.15, -0.1) is 0 Å². The number of carbonyl (C=O) groups is 2. The van der Waals surface area contributed by atoms with E-state index in [1.807, 2.05) is 0 Å². The largest absolute Gasteiger partial charge is 0.274 e. The number of amides is 2. The fourth-order valence-electron chi connectivity index (χ4n) is 0.999. The molecule has 0 aromatic carbocycles. The minimum atomic E-state index is -1.22. The van der Waals surface area contributed by atoms with Crippen LogP contribution in [0.2, 0.25) is 0 Å². The third kappa shape index (κ3) is 1.02. The zero-order valence-electron chi connectivity index (χ0n) is 5.66. The molecule has 1 rings (SSSR count).